The second kappa shape index (κ2) is 7.18. The summed E-state index contributed by atoms with van der Waals surface area (Å²) >= 11 is 2.24. The zero-order chi connectivity index (χ0) is 17.1. The third kappa shape index (κ3) is 3.22. The number of rotatable bonds is 3. The maximum Gasteiger partial charge on any atom is 0.252 e. The average molecular weight is 433 g/mol. The highest BCUT2D eigenvalue weighted by Gasteiger charge is 2.28. The van der Waals surface area contributed by atoms with E-state index in [9.17, 15) is 9.59 Å². The van der Waals surface area contributed by atoms with Gasteiger partial charge in [-0.3, -0.25) is 9.59 Å². The minimum Gasteiger partial charge on any atom is -0.343 e. The van der Waals surface area contributed by atoms with Crippen molar-refractivity contribution in [2.24, 2.45) is 0 Å². The van der Waals surface area contributed by atoms with Crippen LogP contribution in [0.2, 0.25) is 0 Å². The molecule has 0 radical (unpaired) electrons. The van der Waals surface area contributed by atoms with Gasteiger partial charge >= 0.3 is 0 Å². The predicted molar refractivity (Wildman–Crippen MR) is 99.3 cm³/mol. The normalized spacial score (nSPS) is 16.8. The molecule has 1 N–H and O–H groups in total. The van der Waals surface area contributed by atoms with E-state index in [2.05, 4.69) is 34.0 Å². The molecule has 0 aromatic heterocycles. The van der Waals surface area contributed by atoms with Gasteiger partial charge in [-0.1, -0.05) is 24.3 Å². The highest BCUT2D eigenvalue weighted by atomic mass is 127. The summed E-state index contributed by atoms with van der Waals surface area (Å²) in [4.78, 5) is 26.3. The van der Waals surface area contributed by atoms with Crippen LogP contribution in [-0.2, 0) is 4.79 Å². The molecule has 1 atom stereocenters. The number of nitriles is 1. The molecule has 122 valence electrons. The summed E-state index contributed by atoms with van der Waals surface area (Å²) in [5.41, 5.74) is 0.553. The Morgan fingerprint density at radius 2 is 2.00 bits per heavy atom. The lowest BCUT2D eigenvalue weighted by molar-refractivity contribution is -0.130. The number of halogens is 1. The fourth-order valence-electron chi connectivity index (χ4n) is 3.02. The molecule has 0 aliphatic carbocycles. The van der Waals surface area contributed by atoms with Crippen LogP contribution in [0.1, 0.15) is 23.2 Å². The Kier molecular flexibility index (Phi) is 5.00. The van der Waals surface area contributed by atoms with Crippen LogP contribution in [0.15, 0.2) is 36.4 Å². The molecule has 24 heavy (non-hydrogen) atoms. The molecule has 2 aromatic carbocycles. The van der Waals surface area contributed by atoms with Crippen LogP contribution in [0.5, 0.6) is 0 Å². The number of hydrogen-bond acceptors (Lipinski definition) is 3. The molecule has 2 aromatic rings. The fraction of sp³-hybridized carbons (Fsp3) is 0.278. The quantitative estimate of drug-likeness (QED) is 0.757. The zero-order valence-electron chi connectivity index (χ0n) is 13.0. The molecule has 0 saturated carbocycles. The number of carbonyl (C=O) groups is 2. The number of carbonyl (C=O) groups excluding carboxylic acids is 2. The lowest BCUT2D eigenvalue weighted by atomic mass is 10.0. The Hall–Kier alpha value is -2.14. The lowest BCUT2D eigenvalue weighted by Crippen LogP contribution is -2.42. The summed E-state index contributed by atoms with van der Waals surface area (Å²) in [7, 11) is 0. The van der Waals surface area contributed by atoms with Crippen LogP contribution in [-0.4, -0.2) is 35.8 Å². The molecule has 1 saturated heterocycles. The molecule has 1 fully saturated rings. The zero-order valence-corrected chi connectivity index (χ0v) is 15.1. The van der Waals surface area contributed by atoms with Crippen LogP contribution < -0.4 is 5.32 Å². The van der Waals surface area contributed by atoms with Crippen molar-refractivity contribution in [3.63, 3.8) is 0 Å². The van der Waals surface area contributed by atoms with Gasteiger partial charge in [0.05, 0.1) is 12.6 Å². The Bertz CT molecular complexity index is 844. The Morgan fingerprint density at radius 3 is 2.79 bits per heavy atom. The first-order valence-corrected chi connectivity index (χ1v) is 8.84. The van der Waals surface area contributed by atoms with Crippen molar-refractivity contribution >= 4 is 45.2 Å². The Balaban J connectivity index is 1.73. The molecule has 0 bridgehead atoms. The topological polar surface area (TPSA) is 73.2 Å². The summed E-state index contributed by atoms with van der Waals surface area (Å²) in [5.74, 6) is -0.481. The van der Waals surface area contributed by atoms with Crippen LogP contribution in [0.3, 0.4) is 0 Å². The van der Waals surface area contributed by atoms with E-state index in [1.54, 1.807) is 11.0 Å². The van der Waals surface area contributed by atoms with Crippen molar-refractivity contribution in [1.82, 2.24) is 10.2 Å². The molecule has 5 nitrogen and oxygen atoms in total. The van der Waals surface area contributed by atoms with Gasteiger partial charge in [-0.2, -0.15) is 5.26 Å². The van der Waals surface area contributed by atoms with E-state index in [0.717, 1.165) is 20.8 Å². The van der Waals surface area contributed by atoms with Gasteiger partial charge in [-0.15, -0.1) is 0 Å². The minimum atomic E-state index is -0.367. The van der Waals surface area contributed by atoms with Crippen molar-refractivity contribution in [2.45, 2.75) is 18.9 Å². The molecular weight excluding hydrogens is 417 g/mol. The summed E-state index contributed by atoms with van der Waals surface area (Å²) in [6.07, 6.45) is 1.54. The van der Waals surface area contributed by atoms with E-state index < -0.39 is 0 Å². The molecule has 1 aliphatic heterocycles. The van der Waals surface area contributed by atoms with Gasteiger partial charge in [0.25, 0.3) is 5.91 Å². The third-order valence-corrected chi connectivity index (χ3v) is 5.18. The van der Waals surface area contributed by atoms with E-state index in [-0.39, 0.29) is 24.4 Å². The maximum atomic E-state index is 12.5. The van der Waals surface area contributed by atoms with Crippen LogP contribution in [0, 0.1) is 14.9 Å². The second-order valence-corrected chi connectivity index (χ2v) is 6.86. The minimum absolute atomic E-state index is 0.0860. The maximum absolute atomic E-state index is 12.5. The van der Waals surface area contributed by atoms with Crippen LogP contribution >= 0.6 is 22.6 Å². The first kappa shape index (κ1) is 16.7. The molecule has 1 aliphatic rings. The van der Waals surface area contributed by atoms with E-state index in [4.69, 9.17) is 5.26 Å². The number of nitrogens with one attached hydrogen (secondary N) is 1. The van der Waals surface area contributed by atoms with Crippen molar-refractivity contribution in [1.29, 1.82) is 5.26 Å². The smallest absolute Gasteiger partial charge is 0.252 e. The van der Waals surface area contributed by atoms with Crippen molar-refractivity contribution < 1.29 is 9.59 Å². The third-order valence-electron chi connectivity index (χ3n) is 4.24. The van der Waals surface area contributed by atoms with E-state index in [1.807, 2.05) is 30.3 Å². The highest BCUT2D eigenvalue weighted by molar-refractivity contribution is 14.1. The average Bonchev–Trinajstić information content (AvgIpc) is 3.08. The van der Waals surface area contributed by atoms with Crippen molar-refractivity contribution in [2.75, 3.05) is 13.1 Å². The first-order valence-electron chi connectivity index (χ1n) is 7.76. The fourth-order valence-corrected chi connectivity index (χ4v) is 3.70. The van der Waals surface area contributed by atoms with Crippen LogP contribution in [0.4, 0.5) is 0 Å². The number of nitrogens with zero attached hydrogens (tertiary/aromatic N) is 2. The number of likely N-dealkylation sites (tertiary alicyclic amines) is 1. The summed E-state index contributed by atoms with van der Waals surface area (Å²) in [6, 6.07) is 13.1. The number of amides is 2. The van der Waals surface area contributed by atoms with Crippen molar-refractivity contribution in [3.8, 4) is 6.07 Å². The van der Waals surface area contributed by atoms with E-state index in [1.165, 1.54) is 0 Å². The molecule has 2 amide bonds. The van der Waals surface area contributed by atoms with Crippen LogP contribution in [0.25, 0.3) is 10.8 Å². The molecule has 6 heteroatoms. The van der Waals surface area contributed by atoms with Gasteiger partial charge < -0.3 is 10.2 Å². The largest absolute Gasteiger partial charge is 0.343 e. The van der Waals surface area contributed by atoms with E-state index in [0.29, 0.717) is 18.5 Å². The SMILES string of the molecule is N#C[C@@H]1CCCN1C(=O)CNC(=O)c1cccc2c(I)cccc12. The Labute approximate surface area is 153 Å². The Morgan fingerprint density at radius 1 is 1.25 bits per heavy atom. The molecule has 1 heterocycles. The standard InChI is InChI=1S/C18H16IN3O2/c19-16-8-2-5-13-14(16)6-1-7-15(13)18(24)21-11-17(23)22-9-3-4-12(22)10-20/h1-2,5-8,12H,3-4,9,11H2,(H,21,24)/t12-/m0/s1. The molecule has 0 spiro atoms. The van der Waals surface area contributed by atoms with Crippen molar-refractivity contribution in [3.05, 3.63) is 45.5 Å². The number of fused-ring (bicyclic) bond motifs is 1. The van der Waals surface area contributed by atoms with Gasteiger partial charge in [-0.05, 0) is 58.3 Å². The first-order chi connectivity index (χ1) is 11.6. The predicted octanol–water partition coefficient (Wildman–Crippen LogP) is 2.69. The highest BCUT2D eigenvalue weighted by Crippen LogP contribution is 2.23. The molecular formula is C18H16IN3O2. The second-order valence-electron chi connectivity index (χ2n) is 5.70. The monoisotopic (exact) mass is 433 g/mol. The van der Waals surface area contributed by atoms with Gasteiger partial charge in [-0.25, -0.2) is 0 Å². The molecule has 0 unspecified atom stereocenters. The summed E-state index contributed by atoms with van der Waals surface area (Å²) in [5, 5.41) is 13.6. The van der Waals surface area contributed by atoms with E-state index >= 15 is 0 Å². The van der Waals surface area contributed by atoms with Gasteiger partial charge in [0.1, 0.15) is 6.04 Å². The summed E-state index contributed by atoms with van der Waals surface area (Å²) < 4.78 is 1.07. The number of benzene rings is 2. The van der Waals surface area contributed by atoms with Gasteiger partial charge in [0.2, 0.25) is 5.91 Å². The summed E-state index contributed by atoms with van der Waals surface area (Å²) in [6.45, 7) is 0.497. The lowest BCUT2D eigenvalue weighted by Gasteiger charge is -2.19. The number of hydrogen-bond donors (Lipinski definition) is 1. The van der Waals surface area contributed by atoms with Gasteiger partial charge in [0.15, 0.2) is 0 Å². The molecule has 3 rings (SSSR count). The van der Waals surface area contributed by atoms with Gasteiger partial charge in [0, 0.05) is 15.7 Å².